The van der Waals surface area contributed by atoms with Crippen molar-refractivity contribution in [3.63, 3.8) is 0 Å². The van der Waals surface area contributed by atoms with Gasteiger partial charge in [-0.1, -0.05) is 24.3 Å². The van der Waals surface area contributed by atoms with Gasteiger partial charge in [0.05, 0.1) is 19.1 Å². The number of ether oxygens (including phenoxy) is 1. The van der Waals surface area contributed by atoms with Gasteiger partial charge < -0.3 is 15.0 Å². The summed E-state index contributed by atoms with van der Waals surface area (Å²) in [5, 5.41) is 2.79. The Labute approximate surface area is 207 Å². The molecule has 0 aliphatic carbocycles. The number of ketones is 1. The number of nitrogens with zero attached hydrogens (tertiary/aromatic N) is 2. The molecule has 9 nitrogen and oxygen atoms in total. The summed E-state index contributed by atoms with van der Waals surface area (Å²) in [5.74, 6) is -0.572. The minimum absolute atomic E-state index is 0.0633. The summed E-state index contributed by atoms with van der Waals surface area (Å²) in [4.78, 5) is 39.5. The second-order valence-corrected chi connectivity index (χ2v) is 10.5. The zero-order chi connectivity index (χ0) is 26.3. The molecule has 0 bridgehead atoms. The molecule has 1 unspecified atom stereocenters. The molecule has 2 aromatic rings. The van der Waals surface area contributed by atoms with Crippen LogP contribution in [0.2, 0.25) is 0 Å². The minimum atomic E-state index is -3.88. The predicted octanol–water partition coefficient (Wildman–Crippen LogP) is 2.61. The maximum Gasteiger partial charge on any atom is 0.244 e. The molecule has 0 aliphatic heterocycles. The van der Waals surface area contributed by atoms with E-state index in [2.05, 4.69) is 5.32 Å². The number of nitrogens with one attached hydrogen (secondary N) is 1. The lowest BCUT2D eigenvalue weighted by atomic mass is 10.1. The second kappa shape index (κ2) is 11.8. The van der Waals surface area contributed by atoms with Crippen molar-refractivity contribution in [2.24, 2.45) is 0 Å². The average molecular weight is 504 g/mol. The molecule has 2 amide bonds. The molecule has 0 aromatic heterocycles. The zero-order valence-electron chi connectivity index (χ0n) is 20.9. The first-order valence-electron chi connectivity index (χ1n) is 11.1. The number of carbonyl (C=O) groups is 3. The summed E-state index contributed by atoms with van der Waals surface area (Å²) in [6.07, 6.45) is 0.988. The van der Waals surface area contributed by atoms with Crippen molar-refractivity contribution < 1.29 is 27.5 Å². The summed E-state index contributed by atoms with van der Waals surface area (Å²) in [5.41, 5.74) is 1.22. The van der Waals surface area contributed by atoms with Crippen LogP contribution in [0.4, 0.5) is 5.69 Å². The van der Waals surface area contributed by atoms with Crippen molar-refractivity contribution in [2.45, 2.75) is 46.3 Å². The highest BCUT2D eigenvalue weighted by Crippen LogP contribution is 2.21. The molecule has 190 valence electrons. The van der Waals surface area contributed by atoms with Crippen LogP contribution >= 0.6 is 0 Å². The quantitative estimate of drug-likeness (QED) is 0.472. The first-order valence-corrected chi connectivity index (χ1v) is 13.0. The second-order valence-electron chi connectivity index (χ2n) is 8.59. The third-order valence-electron chi connectivity index (χ3n) is 5.31. The van der Waals surface area contributed by atoms with E-state index in [1.54, 1.807) is 43.3 Å². The maximum atomic E-state index is 13.5. The molecule has 1 atom stereocenters. The van der Waals surface area contributed by atoms with E-state index in [0.717, 1.165) is 10.6 Å². The molecule has 2 rings (SSSR count). The normalized spacial score (nSPS) is 12.1. The highest BCUT2D eigenvalue weighted by molar-refractivity contribution is 7.92. The highest BCUT2D eigenvalue weighted by Gasteiger charge is 2.30. The van der Waals surface area contributed by atoms with Gasteiger partial charge in [-0.25, -0.2) is 8.42 Å². The molecule has 0 aliphatic rings. The van der Waals surface area contributed by atoms with E-state index in [9.17, 15) is 22.8 Å². The van der Waals surface area contributed by atoms with E-state index in [4.69, 9.17) is 4.74 Å². The Bertz CT molecular complexity index is 1180. The molecule has 0 radical (unpaired) electrons. The third-order valence-corrected chi connectivity index (χ3v) is 6.45. The smallest absolute Gasteiger partial charge is 0.244 e. The summed E-state index contributed by atoms with van der Waals surface area (Å²) >= 11 is 0. The first-order chi connectivity index (χ1) is 16.3. The van der Waals surface area contributed by atoms with Gasteiger partial charge in [0.2, 0.25) is 21.8 Å². The van der Waals surface area contributed by atoms with Gasteiger partial charge in [0.1, 0.15) is 18.3 Å². The fourth-order valence-electron chi connectivity index (χ4n) is 3.45. The van der Waals surface area contributed by atoms with E-state index in [1.165, 1.54) is 31.1 Å². The largest absolute Gasteiger partial charge is 0.497 e. The van der Waals surface area contributed by atoms with Gasteiger partial charge in [-0.15, -0.1) is 0 Å². The Morgan fingerprint density at radius 2 is 1.69 bits per heavy atom. The van der Waals surface area contributed by atoms with Crippen LogP contribution in [-0.4, -0.2) is 62.9 Å². The number of anilines is 1. The van der Waals surface area contributed by atoms with Crippen molar-refractivity contribution in [1.82, 2.24) is 10.2 Å². The minimum Gasteiger partial charge on any atom is -0.497 e. The fourth-order valence-corrected chi connectivity index (χ4v) is 4.29. The number of methoxy groups -OCH3 is 1. The van der Waals surface area contributed by atoms with Gasteiger partial charge in [-0.2, -0.15) is 0 Å². The standard InChI is InChI=1S/C25H33N3O6S/c1-17(2)26-25(31)18(3)27(15-20-9-7-12-23(13-20)34-5)24(30)16-28(35(6,32)33)22-11-8-10-21(14-22)19(4)29/h7-14,17-18H,15-16H2,1-6H3,(H,26,31). The Morgan fingerprint density at radius 1 is 1.03 bits per heavy atom. The van der Waals surface area contributed by atoms with Crippen molar-refractivity contribution in [1.29, 1.82) is 0 Å². The third kappa shape index (κ3) is 7.81. The summed E-state index contributed by atoms with van der Waals surface area (Å²) < 4.78 is 31.5. The van der Waals surface area contributed by atoms with Gasteiger partial charge in [-0.3, -0.25) is 18.7 Å². The van der Waals surface area contributed by atoms with Gasteiger partial charge in [0, 0.05) is 18.2 Å². The Morgan fingerprint density at radius 3 is 2.26 bits per heavy atom. The molecule has 0 fully saturated rings. The number of sulfonamides is 1. The van der Waals surface area contributed by atoms with Gasteiger partial charge >= 0.3 is 0 Å². The topological polar surface area (TPSA) is 113 Å². The number of amides is 2. The van der Waals surface area contributed by atoms with Crippen LogP contribution in [0.3, 0.4) is 0 Å². The molecule has 0 saturated heterocycles. The van der Waals surface area contributed by atoms with Gasteiger partial charge in [-0.05, 0) is 57.5 Å². The van der Waals surface area contributed by atoms with E-state index >= 15 is 0 Å². The van der Waals surface area contributed by atoms with Crippen LogP contribution < -0.4 is 14.4 Å². The summed E-state index contributed by atoms with van der Waals surface area (Å²) in [7, 11) is -2.36. The number of carbonyl (C=O) groups excluding carboxylic acids is 3. The van der Waals surface area contributed by atoms with Crippen LogP contribution in [-0.2, 0) is 26.2 Å². The number of hydrogen-bond acceptors (Lipinski definition) is 6. The van der Waals surface area contributed by atoms with Crippen molar-refractivity contribution in [3.05, 3.63) is 59.7 Å². The lowest BCUT2D eigenvalue weighted by molar-refractivity contribution is -0.139. The van der Waals surface area contributed by atoms with Crippen molar-refractivity contribution in [3.8, 4) is 5.75 Å². The van der Waals surface area contributed by atoms with Crippen molar-refractivity contribution in [2.75, 3.05) is 24.2 Å². The first kappa shape index (κ1) is 27.8. The number of Topliss-reactive ketones (excluding diaryl/α,β-unsaturated/α-hetero) is 1. The van der Waals surface area contributed by atoms with E-state index in [0.29, 0.717) is 16.9 Å². The highest BCUT2D eigenvalue weighted by atomic mass is 32.2. The maximum absolute atomic E-state index is 13.5. The predicted molar refractivity (Wildman–Crippen MR) is 135 cm³/mol. The van der Waals surface area contributed by atoms with Crippen LogP contribution in [0.15, 0.2) is 48.5 Å². The Balaban J connectivity index is 2.44. The molecule has 10 heteroatoms. The average Bonchev–Trinajstić information content (AvgIpc) is 2.79. The molecule has 1 N–H and O–H groups in total. The molecule has 0 heterocycles. The molecule has 35 heavy (non-hydrogen) atoms. The van der Waals surface area contributed by atoms with Crippen LogP contribution in [0.1, 0.15) is 43.6 Å². The van der Waals surface area contributed by atoms with Gasteiger partial charge in [0.15, 0.2) is 5.78 Å². The Kier molecular flexibility index (Phi) is 9.41. The zero-order valence-corrected chi connectivity index (χ0v) is 21.8. The lowest BCUT2D eigenvalue weighted by Gasteiger charge is -2.32. The number of benzene rings is 2. The van der Waals surface area contributed by atoms with Crippen LogP contribution in [0, 0.1) is 0 Å². The van der Waals surface area contributed by atoms with E-state index in [-0.39, 0.29) is 30.0 Å². The van der Waals surface area contributed by atoms with E-state index < -0.39 is 28.5 Å². The van der Waals surface area contributed by atoms with Gasteiger partial charge in [0.25, 0.3) is 0 Å². The van der Waals surface area contributed by atoms with Crippen molar-refractivity contribution >= 4 is 33.3 Å². The molecule has 0 spiro atoms. The number of rotatable bonds is 11. The molecular weight excluding hydrogens is 470 g/mol. The Hall–Kier alpha value is -3.40. The lowest BCUT2D eigenvalue weighted by Crippen LogP contribution is -2.52. The molecular formula is C25H33N3O6S. The summed E-state index contributed by atoms with van der Waals surface area (Å²) in [6, 6.07) is 12.1. The van der Waals surface area contributed by atoms with Crippen LogP contribution in [0.5, 0.6) is 5.75 Å². The number of hydrogen-bond donors (Lipinski definition) is 1. The summed E-state index contributed by atoms with van der Waals surface area (Å²) in [6.45, 7) is 6.12. The van der Waals surface area contributed by atoms with Crippen LogP contribution in [0.25, 0.3) is 0 Å². The molecule has 2 aromatic carbocycles. The molecule has 0 saturated carbocycles. The monoisotopic (exact) mass is 503 g/mol. The SMILES string of the molecule is COc1cccc(CN(C(=O)CN(c2cccc(C(C)=O)c2)S(C)(=O)=O)C(C)C(=O)NC(C)C)c1. The fraction of sp³-hybridized carbons (Fsp3) is 0.400. The van der Waals surface area contributed by atoms with E-state index in [1.807, 2.05) is 13.8 Å².